The van der Waals surface area contributed by atoms with Crippen molar-refractivity contribution in [2.24, 2.45) is 0 Å². The van der Waals surface area contributed by atoms with Gasteiger partial charge in [0.25, 0.3) is 0 Å². The zero-order valence-electron chi connectivity index (χ0n) is 8.38. The minimum absolute atomic E-state index is 0.0788. The average molecular weight is 244 g/mol. The molecule has 0 N–H and O–H groups in total. The third-order valence-corrected chi connectivity index (χ3v) is 2.40. The molecule has 2 rings (SSSR count). The van der Waals surface area contributed by atoms with Gasteiger partial charge >= 0.3 is 6.61 Å². The fourth-order valence-corrected chi connectivity index (χ4v) is 1.77. The molecule has 1 aromatic heterocycles. The summed E-state index contributed by atoms with van der Waals surface area (Å²) in [5.41, 5.74) is 1.44. The fraction of sp³-hybridized carbons (Fsp3) is 0.182. The number of nitrogens with zero attached hydrogens (tertiary/aromatic N) is 1. The lowest BCUT2D eigenvalue weighted by atomic mass is 10.2. The van der Waals surface area contributed by atoms with Crippen LogP contribution in [0.15, 0.2) is 24.3 Å². The van der Waals surface area contributed by atoms with Crippen molar-refractivity contribution < 1.29 is 13.5 Å². The largest absolute Gasteiger partial charge is 0.435 e. The Labute approximate surface area is 95.8 Å². The minimum atomic E-state index is -2.84. The molecule has 0 radical (unpaired) electrons. The molecule has 0 saturated carbocycles. The number of halogens is 3. The third kappa shape index (κ3) is 2.22. The number of hydrogen-bond donors (Lipinski definition) is 0. The summed E-state index contributed by atoms with van der Waals surface area (Å²) in [5.74, 6) is 0.0788. The van der Waals surface area contributed by atoms with Gasteiger partial charge in [-0.05, 0) is 31.2 Å². The van der Waals surface area contributed by atoms with Gasteiger partial charge in [-0.25, -0.2) is 0 Å². The smallest absolute Gasteiger partial charge is 0.387 e. The van der Waals surface area contributed by atoms with Gasteiger partial charge in [-0.1, -0.05) is 11.6 Å². The quantitative estimate of drug-likeness (QED) is 0.800. The topological polar surface area (TPSA) is 22.1 Å². The molecule has 0 bridgehead atoms. The maximum absolute atomic E-state index is 12.0. The van der Waals surface area contributed by atoms with Gasteiger partial charge in [-0.15, -0.1) is 0 Å². The summed E-state index contributed by atoms with van der Waals surface area (Å²) in [6, 6.07) is 6.18. The van der Waals surface area contributed by atoms with Gasteiger partial charge in [-0.2, -0.15) is 8.78 Å². The van der Waals surface area contributed by atoms with Gasteiger partial charge in [0.05, 0.1) is 10.5 Å². The number of alkyl halides is 2. The van der Waals surface area contributed by atoms with E-state index in [2.05, 4.69) is 9.72 Å². The number of pyridine rings is 1. The summed E-state index contributed by atoms with van der Waals surface area (Å²) in [6.45, 7) is -1.02. The van der Waals surface area contributed by atoms with E-state index >= 15 is 0 Å². The van der Waals surface area contributed by atoms with Crippen molar-refractivity contribution in [1.82, 2.24) is 4.98 Å². The van der Waals surface area contributed by atoms with Crippen LogP contribution in [0.1, 0.15) is 5.69 Å². The molecule has 0 fully saturated rings. The summed E-state index contributed by atoms with van der Waals surface area (Å²) in [6.07, 6.45) is 0. The molecule has 2 nitrogen and oxygen atoms in total. The predicted molar refractivity (Wildman–Crippen MR) is 58.1 cm³/mol. The molecule has 0 saturated heterocycles. The fourth-order valence-electron chi connectivity index (χ4n) is 1.46. The van der Waals surface area contributed by atoms with E-state index in [-0.39, 0.29) is 5.75 Å². The van der Waals surface area contributed by atoms with Crippen molar-refractivity contribution in [1.29, 1.82) is 0 Å². The summed E-state index contributed by atoms with van der Waals surface area (Å²) in [4.78, 5) is 4.23. The SMILES string of the molecule is Cc1cc(Cl)c2cc(OC(F)F)ccc2n1. The molecule has 0 atom stereocenters. The number of benzene rings is 1. The maximum Gasteiger partial charge on any atom is 0.387 e. The number of aromatic nitrogens is 1. The minimum Gasteiger partial charge on any atom is -0.435 e. The molecule has 0 unspecified atom stereocenters. The van der Waals surface area contributed by atoms with Crippen LogP contribution >= 0.6 is 11.6 Å². The lowest BCUT2D eigenvalue weighted by Gasteiger charge is -2.06. The van der Waals surface area contributed by atoms with Crippen molar-refractivity contribution >= 4 is 22.5 Å². The normalized spacial score (nSPS) is 11.1. The van der Waals surface area contributed by atoms with Crippen molar-refractivity contribution in [3.63, 3.8) is 0 Å². The second kappa shape index (κ2) is 4.22. The number of fused-ring (bicyclic) bond motifs is 1. The van der Waals surface area contributed by atoms with Crippen molar-refractivity contribution in [3.05, 3.63) is 35.0 Å². The van der Waals surface area contributed by atoms with Gasteiger partial charge in [0, 0.05) is 11.1 Å². The Morgan fingerprint density at radius 3 is 2.75 bits per heavy atom. The van der Waals surface area contributed by atoms with Gasteiger partial charge in [-0.3, -0.25) is 4.98 Å². The van der Waals surface area contributed by atoms with Crippen LogP contribution in [0.3, 0.4) is 0 Å². The summed E-state index contributed by atoms with van der Waals surface area (Å²) >= 11 is 5.99. The van der Waals surface area contributed by atoms with Crippen molar-refractivity contribution in [2.45, 2.75) is 13.5 Å². The van der Waals surface area contributed by atoms with Crippen molar-refractivity contribution in [3.8, 4) is 5.75 Å². The molecule has 2 aromatic rings. The average Bonchev–Trinajstić information content (AvgIpc) is 2.18. The first kappa shape index (κ1) is 11.1. The lowest BCUT2D eigenvalue weighted by Crippen LogP contribution is -2.01. The Balaban J connectivity index is 2.53. The first-order valence-corrected chi connectivity index (χ1v) is 4.96. The second-order valence-corrected chi connectivity index (χ2v) is 3.71. The van der Waals surface area contributed by atoms with Crippen LogP contribution in [0.5, 0.6) is 5.75 Å². The van der Waals surface area contributed by atoms with E-state index in [1.807, 2.05) is 6.92 Å². The van der Waals surface area contributed by atoms with Gasteiger partial charge < -0.3 is 4.74 Å². The molecule has 0 amide bonds. The number of rotatable bonds is 2. The highest BCUT2D eigenvalue weighted by Gasteiger charge is 2.07. The van der Waals surface area contributed by atoms with Crippen molar-refractivity contribution in [2.75, 3.05) is 0 Å². The zero-order chi connectivity index (χ0) is 11.7. The van der Waals surface area contributed by atoms with E-state index in [0.29, 0.717) is 15.9 Å². The van der Waals surface area contributed by atoms with Crippen LogP contribution in [0.25, 0.3) is 10.9 Å². The van der Waals surface area contributed by atoms with Gasteiger partial charge in [0.1, 0.15) is 5.75 Å². The van der Waals surface area contributed by atoms with Crippen LogP contribution in [0.4, 0.5) is 8.78 Å². The molecule has 5 heteroatoms. The predicted octanol–water partition coefficient (Wildman–Crippen LogP) is 3.80. The van der Waals surface area contributed by atoms with Crippen LogP contribution in [-0.4, -0.2) is 11.6 Å². The molecule has 16 heavy (non-hydrogen) atoms. The molecular weight excluding hydrogens is 236 g/mol. The molecule has 0 spiro atoms. The van der Waals surface area contributed by atoms with Crippen LogP contribution in [0.2, 0.25) is 5.02 Å². The van der Waals surface area contributed by atoms with E-state index in [0.717, 1.165) is 5.69 Å². The first-order chi connectivity index (χ1) is 7.56. The second-order valence-electron chi connectivity index (χ2n) is 3.30. The Morgan fingerprint density at radius 2 is 2.06 bits per heavy atom. The molecule has 0 aliphatic carbocycles. The van der Waals surface area contributed by atoms with Crippen LogP contribution < -0.4 is 4.74 Å². The molecule has 84 valence electrons. The van der Waals surface area contributed by atoms with Crippen LogP contribution in [0, 0.1) is 6.92 Å². The molecule has 0 aliphatic rings. The Hall–Kier alpha value is -1.42. The van der Waals surface area contributed by atoms with E-state index in [9.17, 15) is 8.78 Å². The Morgan fingerprint density at radius 1 is 1.31 bits per heavy atom. The standard InChI is InChI=1S/C11H8ClF2NO/c1-6-4-9(12)8-5-7(16-11(13)14)2-3-10(8)15-6/h2-5,11H,1H3. The monoisotopic (exact) mass is 243 g/mol. The number of ether oxygens (including phenoxy) is 1. The maximum atomic E-state index is 12.0. The number of aryl methyl sites for hydroxylation is 1. The Bertz CT molecular complexity index is 531. The van der Waals surface area contributed by atoms with Gasteiger partial charge in [0.2, 0.25) is 0 Å². The molecule has 0 aliphatic heterocycles. The Kier molecular flexibility index (Phi) is 2.92. The van der Waals surface area contributed by atoms with Crippen LogP contribution in [-0.2, 0) is 0 Å². The van der Waals surface area contributed by atoms with E-state index in [1.165, 1.54) is 12.1 Å². The lowest BCUT2D eigenvalue weighted by molar-refractivity contribution is -0.0497. The molecule has 1 aromatic carbocycles. The van der Waals surface area contributed by atoms with E-state index in [4.69, 9.17) is 11.6 Å². The highest BCUT2D eigenvalue weighted by atomic mass is 35.5. The summed E-state index contributed by atoms with van der Waals surface area (Å²) in [7, 11) is 0. The first-order valence-electron chi connectivity index (χ1n) is 4.58. The molecule has 1 heterocycles. The molecular formula is C11H8ClF2NO. The highest BCUT2D eigenvalue weighted by molar-refractivity contribution is 6.35. The highest BCUT2D eigenvalue weighted by Crippen LogP contribution is 2.27. The summed E-state index contributed by atoms with van der Waals surface area (Å²) < 4.78 is 28.3. The number of hydrogen-bond acceptors (Lipinski definition) is 2. The third-order valence-electron chi connectivity index (χ3n) is 2.08. The van der Waals surface area contributed by atoms with E-state index < -0.39 is 6.61 Å². The summed E-state index contributed by atoms with van der Waals surface area (Å²) in [5, 5.41) is 1.08. The zero-order valence-corrected chi connectivity index (χ0v) is 9.13. The van der Waals surface area contributed by atoms with Gasteiger partial charge in [0.15, 0.2) is 0 Å². The van der Waals surface area contributed by atoms with E-state index in [1.54, 1.807) is 12.1 Å².